The number of hydrogen-bond acceptors (Lipinski definition) is 3. The van der Waals surface area contributed by atoms with Gasteiger partial charge in [0.1, 0.15) is 5.82 Å². The Kier molecular flexibility index (Phi) is 4.61. The number of aromatic nitrogens is 2. The SMILES string of the molecule is COc1cn(-c2ccccc2)nc1C(=O)Nc1ccc(F)cc1Br. The molecule has 1 N–H and O–H groups in total. The van der Waals surface area contributed by atoms with Gasteiger partial charge < -0.3 is 10.1 Å². The average molecular weight is 390 g/mol. The summed E-state index contributed by atoms with van der Waals surface area (Å²) < 4.78 is 20.4. The van der Waals surface area contributed by atoms with Gasteiger partial charge in [0.2, 0.25) is 0 Å². The second kappa shape index (κ2) is 6.84. The number of nitrogens with zero attached hydrogens (tertiary/aromatic N) is 2. The van der Waals surface area contributed by atoms with Gasteiger partial charge >= 0.3 is 0 Å². The van der Waals surface area contributed by atoms with Gasteiger partial charge in [-0.3, -0.25) is 4.79 Å². The number of methoxy groups -OCH3 is 1. The number of amides is 1. The van der Waals surface area contributed by atoms with Gasteiger partial charge in [0.15, 0.2) is 11.4 Å². The van der Waals surface area contributed by atoms with Crippen LogP contribution in [0.25, 0.3) is 5.69 Å². The van der Waals surface area contributed by atoms with Crippen molar-refractivity contribution in [3.8, 4) is 11.4 Å². The topological polar surface area (TPSA) is 56.2 Å². The Morgan fingerprint density at radius 2 is 2.00 bits per heavy atom. The van der Waals surface area contributed by atoms with Crippen LogP contribution in [0.4, 0.5) is 10.1 Å². The van der Waals surface area contributed by atoms with Crippen LogP contribution in [-0.4, -0.2) is 22.8 Å². The number of halogens is 2. The zero-order chi connectivity index (χ0) is 17.1. The van der Waals surface area contributed by atoms with E-state index in [0.717, 1.165) is 5.69 Å². The van der Waals surface area contributed by atoms with Crippen molar-refractivity contribution in [3.05, 3.63) is 70.7 Å². The number of hydrogen-bond donors (Lipinski definition) is 1. The molecule has 0 bridgehead atoms. The summed E-state index contributed by atoms with van der Waals surface area (Å²) in [4.78, 5) is 12.5. The largest absolute Gasteiger partial charge is 0.493 e. The zero-order valence-corrected chi connectivity index (χ0v) is 14.2. The Hall–Kier alpha value is -2.67. The molecule has 2 aromatic carbocycles. The maximum Gasteiger partial charge on any atom is 0.280 e. The van der Waals surface area contributed by atoms with Crippen LogP contribution < -0.4 is 10.1 Å². The first-order chi connectivity index (χ1) is 11.6. The van der Waals surface area contributed by atoms with E-state index in [-0.39, 0.29) is 5.69 Å². The maximum atomic E-state index is 13.1. The molecule has 0 saturated heterocycles. The fourth-order valence-corrected chi connectivity index (χ4v) is 2.60. The molecular weight excluding hydrogens is 377 g/mol. The molecule has 5 nitrogen and oxygen atoms in total. The molecule has 3 rings (SSSR count). The molecule has 1 aromatic heterocycles. The second-order valence-corrected chi connectivity index (χ2v) is 5.76. The molecule has 0 aliphatic carbocycles. The molecule has 7 heteroatoms. The molecule has 1 amide bonds. The highest BCUT2D eigenvalue weighted by molar-refractivity contribution is 9.10. The minimum Gasteiger partial charge on any atom is -0.493 e. The van der Waals surface area contributed by atoms with E-state index in [2.05, 4.69) is 26.3 Å². The van der Waals surface area contributed by atoms with Gasteiger partial charge in [-0.2, -0.15) is 5.10 Å². The van der Waals surface area contributed by atoms with Crippen LogP contribution in [-0.2, 0) is 0 Å². The normalized spacial score (nSPS) is 10.5. The number of carbonyl (C=O) groups is 1. The fraction of sp³-hybridized carbons (Fsp3) is 0.0588. The van der Waals surface area contributed by atoms with E-state index < -0.39 is 11.7 Å². The molecular formula is C17H13BrFN3O2. The van der Waals surface area contributed by atoms with E-state index in [9.17, 15) is 9.18 Å². The monoisotopic (exact) mass is 389 g/mol. The molecule has 1 heterocycles. The van der Waals surface area contributed by atoms with Crippen LogP contribution in [0.3, 0.4) is 0 Å². The number of nitrogens with one attached hydrogen (secondary N) is 1. The van der Waals surface area contributed by atoms with Crippen molar-refractivity contribution in [2.24, 2.45) is 0 Å². The van der Waals surface area contributed by atoms with Crippen LogP contribution in [0.1, 0.15) is 10.5 Å². The van der Waals surface area contributed by atoms with Gasteiger partial charge in [0.25, 0.3) is 5.91 Å². The number of anilines is 1. The third-order valence-electron chi connectivity index (χ3n) is 3.32. The highest BCUT2D eigenvalue weighted by Gasteiger charge is 2.19. The molecule has 0 radical (unpaired) electrons. The minimum absolute atomic E-state index is 0.137. The molecule has 0 aliphatic heterocycles. The Balaban J connectivity index is 1.90. The van der Waals surface area contributed by atoms with E-state index in [1.165, 1.54) is 25.3 Å². The fourth-order valence-electron chi connectivity index (χ4n) is 2.15. The molecule has 24 heavy (non-hydrogen) atoms. The lowest BCUT2D eigenvalue weighted by atomic mass is 10.3. The Bertz CT molecular complexity index is 881. The van der Waals surface area contributed by atoms with Crippen molar-refractivity contribution < 1.29 is 13.9 Å². The number of para-hydroxylation sites is 1. The minimum atomic E-state index is -0.450. The van der Waals surface area contributed by atoms with Crippen molar-refractivity contribution in [2.45, 2.75) is 0 Å². The molecule has 0 aliphatic rings. The van der Waals surface area contributed by atoms with E-state index in [4.69, 9.17) is 4.74 Å². The first-order valence-electron chi connectivity index (χ1n) is 7.04. The Labute approximate surface area is 146 Å². The van der Waals surface area contributed by atoms with Crippen LogP contribution in [0, 0.1) is 5.82 Å². The summed E-state index contributed by atoms with van der Waals surface area (Å²) in [6.45, 7) is 0. The van der Waals surface area contributed by atoms with E-state index in [1.54, 1.807) is 10.9 Å². The van der Waals surface area contributed by atoms with E-state index in [1.807, 2.05) is 30.3 Å². The smallest absolute Gasteiger partial charge is 0.280 e. The molecule has 0 saturated carbocycles. The quantitative estimate of drug-likeness (QED) is 0.732. The lowest BCUT2D eigenvalue weighted by molar-refractivity contribution is 0.101. The first kappa shape index (κ1) is 16.2. The number of ether oxygens (including phenoxy) is 1. The molecule has 0 fully saturated rings. The lowest BCUT2D eigenvalue weighted by Crippen LogP contribution is -2.14. The van der Waals surface area contributed by atoms with Gasteiger partial charge in [0.05, 0.1) is 24.7 Å². The summed E-state index contributed by atoms with van der Waals surface area (Å²) in [5.74, 6) is -0.505. The van der Waals surface area contributed by atoms with Crippen LogP contribution in [0.15, 0.2) is 59.2 Å². The van der Waals surface area contributed by atoms with Gasteiger partial charge in [-0.1, -0.05) is 18.2 Å². The van der Waals surface area contributed by atoms with Crippen molar-refractivity contribution in [1.29, 1.82) is 0 Å². The Morgan fingerprint density at radius 3 is 2.67 bits per heavy atom. The van der Waals surface area contributed by atoms with Gasteiger partial charge in [-0.05, 0) is 46.3 Å². The lowest BCUT2D eigenvalue weighted by Gasteiger charge is -2.06. The van der Waals surface area contributed by atoms with Gasteiger partial charge in [-0.25, -0.2) is 9.07 Å². The van der Waals surface area contributed by atoms with Crippen LogP contribution in [0.2, 0.25) is 0 Å². The van der Waals surface area contributed by atoms with Crippen molar-refractivity contribution in [3.63, 3.8) is 0 Å². The predicted molar refractivity (Wildman–Crippen MR) is 92.2 cm³/mol. The summed E-state index contributed by atoms with van der Waals surface area (Å²) >= 11 is 3.21. The molecule has 0 spiro atoms. The van der Waals surface area contributed by atoms with E-state index >= 15 is 0 Å². The predicted octanol–water partition coefficient (Wildman–Crippen LogP) is 4.03. The summed E-state index contributed by atoms with van der Waals surface area (Å²) in [6.07, 6.45) is 1.63. The standard InChI is InChI=1S/C17H13BrFN3O2/c1-24-15-10-22(12-5-3-2-4-6-12)21-16(15)17(23)20-14-8-7-11(19)9-13(14)18/h2-10H,1H3,(H,20,23). The zero-order valence-electron chi connectivity index (χ0n) is 12.7. The summed E-state index contributed by atoms with van der Waals surface area (Å²) in [5.41, 5.74) is 1.38. The highest BCUT2D eigenvalue weighted by atomic mass is 79.9. The second-order valence-electron chi connectivity index (χ2n) is 4.90. The third kappa shape index (κ3) is 3.30. The maximum absolute atomic E-state index is 13.1. The number of carbonyl (C=O) groups excluding carboxylic acids is 1. The molecule has 0 atom stereocenters. The first-order valence-corrected chi connectivity index (χ1v) is 7.83. The summed E-state index contributed by atoms with van der Waals surface area (Å²) in [6, 6.07) is 13.4. The summed E-state index contributed by atoms with van der Waals surface area (Å²) in [7, 11) is 1.47. The van der Waals surface area contributed by atoms with Crippen molar-refractivity contribution in [2.75, 3.05) is 12.4 Å². The van der Waals surface area contributed by atoms with Crippen molar-refractivity contribution >= 4 is 27.5 Å². The van der Waals surface area contributed by atoms with Crippen LogP contribution in [0.5, 0.6) is 5.75 Å². The number of rotatable bonds is 4. The number of benzene rings is 2. The third-order valence-corrected chi connectivity index (χ3v) is 3.97. The van der Waals surface area contributed by atoms with E-state index in [0.29, 0.717) is 15.9 Å². The summed E-state index contributed by atoms with van der Waals surface area (Å²) in [5, 5.41) is 6.97. The molecule has 0 unspecified atom stereocenters. The van der Waals surface area contributed by atoms with Gasteiger partial charge in [-0.15, -0.1) is 0 Å². The average Bonchev–Trinajstić information content (AvgIpc) is 3.02. The van der Waals surface area contributed by atoms with Crippen molar-refractivity contribution in [1.82, 2.24) is 9.78 Å². The molecule has 122 valence electrons. The highest BCUT2D eigenvalue weighted by Crippen LogP contribution is 2.25. The molecule has 3 aromatic rings. The van der Waals surface area contributed by atoms with Gasteiger partial charge in [0, 0.05) is 4.47 Å². The van der Waals surface area contributed by atoms with Crippen LogP contribution >= 0.6 is 15.9 Å². The Morgan fingerprint density at radius 1 is 1.25 bits per heavy atom.